The Hall–Kier alpha value is -2.88. The number of carbonyl (C=O) groups is 1. The first kappa shape index (κ1) is 16.0. The highest BCUT2D eigenvalue weighted by Gasteiger charge is 2.21. The molecular weight excluding hydrogens is 305 g/mol. The number of fused-ring (bicyclic) bond motifs is 1. The summed E-state index contributed by atoms with van der Waals surface area (Å²) in [7, 11) is 1.59. The van der Waals surface area contributed by atoms with Crippen LogP contribution in [0.5, 0.6) is 0 Å². The molecule has 0 aromatic heterocycles. The van der Waals surface area contributed by atoms with Crippen LogP contribution >= 0.6 is 0 Å². The van der Waals surface area contributed by atoms with Crippen molar-refractivity contribution in [3.8, 4) is 0 Å². The summed E-state index contributed by atoms with van der Waals surface area (Å²) < 4.78 is 13.3. The highest BCUT2D eigenvalue weighted by Crippen LogP contribution is 2.35. The van der Waals surface area contributed by atoms with E-state index in [1.807, 2.05) is 24.3 Å². The van der Waals surface area contributed by atoms with Gasteiger partial charge < -0.3 is 10.4 Å². The Labute approximate surface area is 140 Å². The molecule has 0 unspecified atom stereocenters. The van der Waals surface area contributed by atoms with Gasteiger partial charge in [-0.1, -0.05) is 42.5 Å². The van der Waals surface area contributed by atoms with Gasteiger partial charge >= 0.3 is 5.97 Å². The van der Waals surface area contributed by atoms with E-state index in [1.165, 1.54) is 17.7 Å². The van der Waals surface area contributed by atoms with Gasteiger partial charge in [0.15, 0.2) is 0 Å². The van der Waals surface area contributed by atoms with Crippen molar-refractivity contribution in [1.29, 1.82) is 0 Å². The summed E-state index contributed by atoms with van der Waals surface area (Å²) >= 11 is 0. The van der Waals surface area contributed by atoms with Gasteiger partial charge in [0.1, 0.15) is 11.5 Å². The van der Waals surface area contributed by atoms with Crippen LogP contribution in [0.2, 0.25) is 0 Å². The third kappa shape index (κ3) is 3.08. The van der Waals surface area contributed by atoms with Crippen LogP contribution in [0.15, 0.2) is 59.8 Å². The molecule has 0 amide bonds. The Bertz CT molecular complexity index is 835. The number of hydrogen-bond acceptors (Lipinski definition) is 2. The van der Waals surface area contributed by atoms with Crippen molar-refractivity contribution >= 4 is 17.6 Å². The van der Waals surface area contributed by atoms with E-state index < -0.39 is 5.97 Å². The summed E-state index contributed by atoms with van der Waals surface area (Å²) in [4.78, 5) is 11.7. The molecule has 0 saturated carbocycles. The molecule has 4 heteroatoms. The van der Waals surface area contributed by atoms with E-state index >= 15 is 0 Å². The van der Waals surface area contributed by atoms with E-state index in [9.17, 15) is 14.3 Å². The maximum absolute atomic E-state index is 13.3. The molecule has 3 nitrogen and oxygen atoms in total. The lowest BCUT2D eigenvalue weighted by atomic mass is 9.85. The molecule has 1 aliphatic carbocycles. The SMILES string of the molecule is CN/C(C(=O)O)=C(\C1=Cc2ccccc2CC1)c1ccc(F)cc1. The highest BCUT2D eigenvalue weighted by atomic mass is 19.1. The van der Waals surface area contributed by atoms with Gasteiger partial charge in [-0.2, -0.15) is 0 Å². The summed E-state index contributed by atoms with van der Waals surface area (Å²) in [5, 5.41) is 12.3. The molecule has 0 bridgehead atoms. The van der Waals surface area contributed by atoms with Gasteiger partial charge in [0.25, 0.3) is 0 Å². The fourth-order valence-electron chi connectivity index (χ4n) is 3.07. The summed E-state index contributed by atoms with van der Waals surface area (Å²) in [5.74, 6) is -1.38. The lowest BCUT2D eigenvalue weighted by molar-refractivity contribution is -0.132. The smallest absolute Gasteiger partial charge is 0.352 e. The third-order valence-electron chi connectivity index (χ3n) is 4.22. The van der Waals surface area contributed by atoms with Crippen LogP contribution in [0.1, 0.15) is 23.1 Å². The van der Waals surface area contributed by atoms with Crippen molar-refractivity contribution < 1.29 is 14.3 Å². The van der Waals surface area contributed by atoms with Gasteiger partial charge in [-0.25, -0.2) is 9.18 Å². The number of carboxylic acids is 1. The number of likely N-dealkylation sites (N-methyl/N-ethyl adjacent to an activating group) is 1. The normalized spacial score (nSPS) is 14.3. The van der Waals surface area contributed by atoms with Crippen molar-refractivity contribution in [3.63, 3.8) is 0 Å². The van der Waals surface area contributed by atoms with Crippen molar-refractivity contribution in [2.75, 3.05) is 7.05 Å². The molecule has 0 fully saturated rings. The fraction of sp³-hybridized carbons (Fsp3) is 0.150. The topological polar surface area (TPSA) is 49.3 Å². The van der Waals surface area contributed by atoms with Gasteiger partial charge in [-0.3, -0.25) is 0 Å². The van der Waals surface area contributed by atoms with E-state index in [4.69, 9.17) is 0 Å². The zero-order chi connectivity index (χ0) is 17.1. The van der Waals surface area contributed by atoms with Crippen LogP contribution in [0.3, 0.4) is 0 Å². The van der Waals surface area contributed by atoms with Gasteiger partial charge in [-0.05, 0) is 47.2 Å². The zero-order valence-electron chi connectivity index (χ0n) is 13.3. The molecule has 0 saturated heterocycles. The molecule has 1 aliphatic rings. The first-order valence-electron chi connectivity index (χ1n) is 7.80. The lowest BCUT2D eigenvalue weighted by Gasteiger charge is -2.21. The van der Waals surface area contributed by atoms with Crippen LogP contribution in [-0.2, 0) is 11.2 Å². The summed E-state index contributed by atoms with van der Waals surface area (Å²) in [6.45, 7) is 0. The molecular formula is C20H18FNO2. The number of allylic oxidation sites excluding steroid dienone is 2. The first-order chi connectivity index (χ1) is 11.6. The van der Waals surface area contributed by atoms with Gasteiger partial charge in [-0.15, -0.1) is 0 Å². The fourth-order valence-corrected chi connectivity index (χ4v) is 3.07. The second-order valence-electron chi connectivity index (χ2n) is 5.68. The highest BCUT2D eigenvalue weighted by molar-refractivity contribution is 6.01. The molecule has 2 aromatic rings. The number of hydrogen-bond donors (Lipinski definition) is 2. The van der Waals surface area contributed by atoms with Crippen molar-refractivity contribution in [3.05, 3.63) is 82.3 Å². The Morgan fingerprint density at radius 1 is 1.08 bits per heavy atom. The monoisotopic (exact) mass is 323 g/mol. The van der Waals surface area contributed by atoms with Gasteiger partial charge in [0.2, 0.25) is 0 Å². The minimum absolute atomic E-state index is 0.118. The Kier molecular flexibility index (Phi) is 4.47. The second kappa shape index (κ2) is 6.71. The molecule has 0 radical (unpaired) electrons. The maximum Gasteiger partial charge on any atom is 0.352 e. The van der Waals surface area contributed by atoms with Crippen molar-refractivity contribution in [2.24, 2.45) is 0 Å². The number of benzene rings is 2. The number of halogens is 1. The van der Waals surface area contributed by atoms with E-state index in [1.54, 1.807) is 19.2 Å². The van der Waals surface area contributed by atoms with Crippen molar-refractivity contribution in [1.82, 2.24) is 5.32 Å². The molecule has 0 atom stereocenters. The standard InChI is InChI=1S/C20H18FNO2/c1-22-19(20(23)24)18(14-8-10-17(21)11-9-14)16-7-6-13-4-2-3-5-15(13)12-16/h2-5,8-12,22H,6-7H2,1H3,(H,23,24)/b19-18-. The van der Waals surface area contributed by atoms with E-state index in [0.29, 0.717) is 11.1 Å². The zero-order valence-corrected chi connectivity index (χ0v) is 13.3. The average Bonchev–Trinajstić information content (AvgIpc) is 2.60. The summed E-state index contributed by atoms with van der Waals surface area (Å²) in [6, 6.07) is 14.0. The maximum atomic E-state index is 13.3. The molecule has 122 valence electrons. The summed E-state index contributed by atoms with van der Waals surface area (Å²) in [5.41, 5.74) is 4.70. The minimum Gasteiger partial charge on any atom is -0.477 e. The van der Waals surface area contributed by atoms with Crippen molar-refractivity contribution in [2.45, 2.75) is 12.8 Å². The van der Waals surface area contributed by atoms with Crippen LogP contribution in [0, 0.1) is 5.82 Å². The Morgan fingerprint density at radius 3 is 2.46 bits per heavy atom. The Morgan fingerprint density at radius 2 is 1.79 bits per heavy atom. The molecule has 24 heavy (non-hydrogen) atoms. The first-order valence-corrected chi connectivity index (χ1v) is 7.80. The predicted octanol–water partition coefficient (Wildman–Crippen LogP) is 3.87. The minimum atomic E-state index is -1.03. The molecule has 0 spiro atoms. The van der Waals surface area contributed by atoms with E-state index in [2.05, 4.69) is 11.4 Å². The predicted molar refractivity (Wildman–Crippen MR) is 92.8 cm³/mol. The number of aliphatic carboxylic acids is 1. The van der Waals surface area contributed by atoms with Crippen LogP contribution in [0.4, 0.5) is 4.39 Å². The van der Waals surface area contributed by atoms with E-state index in [0.717, 1.165) is 24.0 Å². The second-order valence-corrected chi connectivity index (χ2v) is 5.68. The van der Waals surface area contributed by atoms with E-state index in [-0.39, 0.29) is 11.5 Å². The van der Waals surface area contributed by atoms with Crippen LogP contribution < -0.4 is 5.32 Å². The number of rotatable bonds is 4. The molecule has 2 N–H and O–H groups in total. The quantitative estimate of drug-likeness (QED) is 0.840. The largest absolute Gasteiger partial charge is 0.477 e. The lowest BCUT2D eigenvalue weighted by Crippen LogP contribution is -2.19. The number of carboxylic acid groups (broad SMARTS) is 1. The molecule has 3 rings (SSSR count). The van der Waals surface area contributed by atoms with Gasteiger partial charge in [0, 0.05) is 12.6 Å². The number of aryl methyl sites for hydroxylation is 1. The molecule has 2 aromatic carbocycles. The average molecular weight is 323 g/mol. The summed E-state index contributed by atoms with van der Waals surface area (Å²) in [6.07, 6.45) is 3.61. The molecule has 0 aliphatic heterocycles. The third-order valence-corrected chi connectivity index (χ3v) is 4.22. The molecule has 0 heterocycles. The van der Waals surface area contributed by atoms with Crippen LogP contribution in [-0.4, -0.2) is 18.1 Å². The number of nitrogens with one attached hydrogen (secondary N) is 1. The Balaban J connectivity index is 2.18. The van der Waals surface area contributed by atoms with Gasteiger partial charge in [0.05, 0.1) is 0 Å². The van der Waals surface area contributed by atoms with Crippen LogP contribution in [0.25, 0.3) is 11.6 Å².